The Morgan fingerprint density at radius 2 is 1.47 bits per heavy atom. The van der Waals surface area contributed by atoms with E-state index in [1.165, 1.54) is 0 Å². The van der Waals surface area contributed by atoms with Crippen LogP contribution in [0.15, 0.2) is 42.5 Å². The van der Waals surface area contributed by atoms with Gasteiger partial charge in [0.2, 0.25) is 5.91 Å². The third-order valence-corrected chi connectivity index (χ3v) is 6.57. The molecule has 156 valence electrons. The molecule has 0 unspecified atom stereocenters. The quantitative estimate of drug-likeness (QED) is 0.729. The minimum absolute atomic E-state index is 0.0135. The molecule has 2 fully saturated rings. The van der Waals surface area contributed by atoms with Crippen LogP contribution in [-0.4, -0.2) is 60.0 Å². The number of nitrogens with one attached hydrogen (secondary N) is 2. The Balaban J connectivity index is 1.22. The van der Waals surface area contributed by atoms with E-state index in [0.29, 0.717) is 31.7 Å². The van der Waals surface area contributed by atoms with Crippen LogP contribution in [0.1, 0.15) is 29.6 Å². The van der Waals surface area contributed by atoms with E-state index in [1.807, 2.05) is 34.1 Å². The average Bonchev–Trinajstić information content (AvgIpc) is 3.24. The Kier molecular flexibility index (Phi) is 4.62. The fraction of sp³-hybridized carbons (Fsp3) is 0.391. The minimum atomic E-state index is -0.662. The third kappa shape index (κ3) is 3.29. The van der Waals surface area contributed by atoms with Gasteiger partial charge in [0, 0.05) is 31.7 Å². The predicted molar refractivity (Wildman–Crippen MR) is 117 cm³/mol. The molecule has 0 spiro atoms. The fourth-order valence-corrected chi connectivity index (χ4v) is 4.45. The summed E-state index contributed by atoms with van der Waals surface area (Å²) in [6, 6.07) is 14.0. The third-order valence-electron chi connectivity index (χ3n) is 6.57. The first-order valence-electron chi connectivity index (χ1n) is 10.6. The normalized spacial score (nSPS) is 19.4. The Hall–Kier alpha value is -3.06. The van der Waals surface area contributed by atoms with Gasteiger partial charge in [-0.3, -0.25) is 9.59 Å². The van der Waals surface area contributed by atoms with E-state index in [1.54, 1.807) is 0 Å². The highest BCUT2D eigenvalue weighted by atomic mass is 16.2. The van der Waals surface area contributed by atoms with Gasteiger partial charge in [0.1, 0.15) is 0 Å². The lowest BCUT2D eigenvalue weighted by Crippen LogP contribution is -2.62. The predicted octanol–water partition coefficient (Wildman–Crippen LogP) is 2.31. The Morgan fingerprint density at radius 1 is 0.833 bits per heavy atom. The van der Waals surface area contributed by atoms with Crippen LogP contribution < -0.4 is 16.4 Å². The monoisotopic (exact) mass is 405 g/mol. The van der Waals surface area contributed by atoms with Gasteiger partial charge >= 0.3 is 0 Å². The zero-order valence-electron chi connectivity index (χ0n) is 17.0. The zero-order chi connectivity index (χ0) is 20.7. The van der Waals surface area contributed by atoms with Crippen molar-refractivity contribution in [3.63, 3.8) is 0 Å². The molecule has 2 amide bonds. The number of nitrogens with two attached hydrogens (primary N) is 1. The number of hydrogen-bond acceptors (Lipinski definition) is 5. The summed E-state index contributed by atoms with van der Waals surface area (Å²) in [5, 5.41) is 6.57. The number of nitrogens with zero attached hydrogens (tertiary/aromatic N) is 2. The molecule has 7 heteroatoms. The summed E-state index contributed by atoms with van der Waals surface area (Å²) >= 11 is 0. The molecule has 1 saturated carbocycles. The van der Waals surface area contributed by atoms with E-state index in [9.17, 15) is 9.59 Å². The molecule has 3 aliphatic rings. The number of anilines is 2. The molecule has 1 saturated heterocycles. The van der Waals surface area contributed by atoms with E-state index in [4.69, 9.17) is 5.73 Å². The number of rotatable bonds is 3. The van der Waals surface area contributed by atoms with Gasteiger partial charge in [0.25, 0.3) is 5.91 Å². The van der Waals surface area contributed by atoms with Crippen molar-refractivity contribution in [3.05, 3.63) is 48.0 Å². The van der Waals surface area contributed by atoms with Gasteiger partial charge in [-0.1, -0.05) is 18.2 Å². The number of hydrogen-bond donors (Lipinski definition) is 3. The van der Waals surface area contributed by atoms with Gasteiger partial charge in [-0.2, -0.15) is 0 Å². The van der Waals surface area contributed by atoms with Gasteiger partial charge < -0.3 is 26.2 Å². The van der Waals surface area contributed by atoms with Crippen LogP contribution in [0.25, 0.3) is 11.1 Å². The van der Waals surface area contributed by atoms with Crippen LogP contribution in [0.2, 0.25) is 0 Å². The van der Waals surface area contributed by atoms with Gasteiger partial charge in [-0.25, -0.2) is 0 Å². The summed E-state index contributed by atoms with van der Waals surface area (Å²) in [4.78, 5) is 29.2. The number of amides is 2. The summed E-state index contributed by atoms with van der Waals surface area (Å²) < 4.78 is 0. The molecule has 2 aliphatic heterocycles. The van der Waals surface area contributed by atoms with Crippen LogP contribution in [0.4, 0.5) is 11.4 Å². The molecule has 2 aromatic carbocycles. The van der Waals surface area contributed by atoms with Gasteiger partial charge in [0.15, 0.2) is 0 Å². The van der Waals surface area contributed by atoms with Crippen molar-refractivity contribution in [2.24, 2.45) is 5.73 Å². The highest BCUT2D eigenvalue weighted by Crippen LogP contribution is 2.32. The number of carbonyl (C=O) groups excluding carboxylic acids is 2. The van der Waals surface area contributed by atoms with E-state index >= 15 is 0 Å². The second-order valence-electron chi connectivity index (χ2n) is 8.46. The Bertz CT molecular complexity index is 976. The minimum Gasteiger partial charge on any atom is -0.366 e. The molecule has 4 N–H and O–H groups in total. The standard InChI is InChI=1S/C23H27N5O2/c24-23(8-1-9-23)22(30)28-12-10-27(11-13-28)21(29)17-4-2-16(3-5-17)18-6-7-19-20(14-18)26-15-25-19/h2-7,14,25-26H,1,8-13,15,24H2. The molecular formula is C23H27N5O2. The van der Waals surface area contributed by atoms with Crippen LogP contribution >= 0.6 is 0 Å². The SMILES string of the molecule is NC1(C(=O)N2CCN(C(=O)c3ccc(-c4ccc5c(c4)NCN5)cc3)CC2)CCC1. The maximum Gasteiger partial charge on any atom is 0.253 e. The average molecular weight is 406 g/mol. The second-order valence-corrected chi connectivity index (χ2v) is 8.46. The van der Waals surface area contributed by atoms with Crippen LogP contribution in [0.5, 0.6) is 0 Å². The maximum atomic E-state index is 12.9. The first kappa shape index (κ1) is 18.9. The van der Waals surface area contributed by atoms with Crippen molar-refractivity contribution in [2.45, 2.75) is 24.8 Å². The van der Waals surface area contributed by atoms with Crippen LogP contribution in [-0.2, 0) is 4.79 Å². The molecule has 30 heavy (non-hydrogen) atoms. The summed E-state index contributed by atoms with van der Waals surface area (Å²) in [6.07, 6.45) is 2.57. The molecule has 2 aromatic rings. The molecule has 0 radical (unpaired) electrons. The highest BCUT2D eigenvalue weighted by molar-refractivity contribution is 5.95. The zero-order valence-corrected chi connectivity index (χ0v) is 17.0. The molecule has 2 heterocycles. The summed E-state index contributed by atoms with van der Waals surface area (Å²) in [5.74, 6) is 0.0591. The summed E-state index contributed by atoms with van der Waals surface area (Å²) in [7, 11) is 0. The Morgan fingerprint density at radius 3 is 2.13 bits per heavy atom. The molecule has 0 bridgehead atoms. The van der Waals surface area contributed by atoms with Crippen molar-refractivity contribution in [1.29, 1.82) is 0 Å². The number of fused-ring (bicyclic) bond motifs is 1. The smallest absolute Gasteiger partial charge is 0.253 e. The molecule has 1 aliphatic carbocycles. The van der Waals surface area contributed by atoms with Gasteiger partial charge in [-0.15, -0.1) is 0 Å². The summed E-state index contributed by atoms with van der Waals surface area (Å²) in [5.41, 5.74) is 10.6. The summed E-state index contributed by atoms with van der Waals surface area (Å²) in [6.45, 7) is 2.95. The van der Waals surface area contributed by atoms with Crippen molar-refractivity contribution in [2.75, 3.05) is 43.5 Å². The van der Waals surface area contributed by atoms with E-state index in [2.05, 4.69) is 28.8 Å². The fourth-order valence-electron chi connectivity index (χ4n) is 4.45. The molecule has 5 rings (SSSR count). The first-order chi connectivity index (χ1) is 14.5. The number of benzene rings is 2. The van der Waals surface area contributed by atoms with Crippen molar-refractivity contribution in [1.82, 2.24) is 9.80 Å². The Labute approximate surface area is 176 Å². The topological polar surface area (TPSA) is 90.7 Å². The molecular weight excluding hydrogens is 378 g/mol. The van der Waals surface area contributed by atoms with Gasteiger partial charge in [-0.05, 0) is 54.7 Å². The largest absolute Gasteiger partial charge is 0.366 e. The lowest BCUT2D eigenvalue weighted by Gasteiger charge is -2.43. The number of carbonyl (C=O) groups is 2. The van der Waals surface area contributed by atoms with Gasteiger partial charge in [0.05, 0.1) is 23.6 Å². The number of piperazine rings is 1. The molecule has 0 atom stereocenters. The van der Waals surface area contributed by atoms with Crippen molar-refractivity contribution < 1.29 is 9.59 Å². The maximum absolute atomic E-state index is 12.9. The second kappa shape index (κ2) is 7.32. The van der Waals surface area contributed by atoms with E-state index < -0.39 is 5.54 Å². The molecule has 0 aromatic heterocycles. The van der Waals surface area contributed by atoms with E-state index in [0.717, 1.165) is 48.4 Å². The van der Waals surface area contributed by atoms with Crippen molar-refractivity contribution in [3.8, 4) is 11.1 Å². The van der Waals surface area contributed by atoms with Crippen molar-refractivity contribution >= 4 is 23.2 Å². The van der Waals surface area contributed by atoms with Crippen LogP contribution in [0.3, 0.4) is 0 Å². The molecule has 7 nitrogen and oxygen atoms in total. The van der Waals surface area contributed by atoms with E-state index in [-0.39, 0.29) is 11.8 Å². The first-order valence-corrected chi connectivity index (χ1v) is 10.6. The van der Waals surface area contributed by atoms with Crippen LogP contribution in [0, 0.1) is 0 Å². The highest BCUT2D eigenvalue weighted by Gasteiger charge is 2.43. The lowest BCUT2D eigenvalue weighted by atomic mass is 9.76. The lowest BCUT2D eigenvalue weighted by molar-refractivity contribution is -0.141.